The Morgan fingerprint density at radius 3 is 1.48 bits per heavy atom. The van der Waals surface area contributed by atoms with Gasteiger partial charge in [-0.25, -0.2) is 0 Å². The fourth-order valence-corrected chi connectivity index (χ4v) is 5.44. The van der Waals surface area contributed by atoms with Gasteiger partial charge in [-0.3, -0.25) is 4.79 Å². The highest BCUT2D eigenvalue weighted by molar-refractivity contribution is 5.80. The minimum absolute atomic E-state index is 0.361. The van der Waals surface area contributed by atoms with Gasteiger partial charge in [0.2, 0.25) is 5.91 Å². The predicted molar refractivity (Wildman–Crippen MR) is 187 cm³/mol. The smallest absolute Gasteiger partial charge is 0.249 e. The summed E-state index contributed by atoms with van der Waals surface area (Å²) in [4.78, 5) is 12.4. The summed E-state index contributed by atoms with van der Waals surface area (Å²) in [6, 6.07) is -1.01. The zero-order valence-electron chi connectivity index (χ0n) is 28.6. The van der Waals surface area contributed by atoms with E-state index >= 15 is 0 Å². The summed E-state index contributed by atoms with van der Waals surface area (Å²) >= 11 is 0. The molecule has 0 aromatic carbocycles. The van der Waals surface area contributed by atoms with Crippen molar-refractivity contribution in [3.8, 4) is 0 Å². The first kappa shape index (κ1) is 42.5. The number of allylic oxidation sites excluding steroid dienone is 6. The van der Waals surface area contributed by atoms with E-state index in [1.165, 1.54) is 83.5 Å². The van der Waals surface area contributed by atoms with Crippen LogP contribution in [0.15, 0.2) is 36.5 Å². The van der Waals surface area contributed by atoms with Crippen molar-refractivity contribution in [2.24, 2.45) is 0 Å². The van der Waals surface area contributed by atoms with E-state index < -0.39 is 36.9 Å². The lowest BCUT2D eigenvalue weighted by molar-refractivity contribution is -0.132. The monoisotopic (exact) mass is 622 g/mol. The zero-order chi connectivity index (χ0) is 32.5. The van der Waals surface area contributed by atoms with Crippen molar-refractivity contribution in [3.05, 3.63) is 36.5 Å². The van der Waals surface area contributed by atoms with Crippen LogP contribution in [0.4, 0.5) is 0 Å². The van der Waals surface area contributed by atoms with Gasteiger partial charge in [-0.15, -0.1) is 0 Å². The molecule has 5 N–H and O–H groups in total. The molecule has 0 aromatic heterocycles. The van der Waals surface area contributed by atoms with Crippen molar-refractivity contribution in [2.45, 2.75) is 192 Å². The van der Waals surface area contributed by atoms with Crippen molar-refractivity contribution in [1.82, 2.24) is 5.32 Å². The van der Waals surface area contributed by atoms with E-state index in [4.69, 9.17) is 0 Å². The second kappa shape index (κ2) is 32.9. The first-order valence-electron chi connectivity index (χ1n) is 18.3. The summed E-state index contributed by atoms with van der Waals surface area (Å²) in [7, 11) is 0. The molecule has 6 nitrogen and oxygen atoms in total. The van der Waals surface area contributed by atoms with E-state index in [-0.39, 0.29) is 0 Å². The van der Waals surface area contributed by atoms with Gasteiger partial charge < -0.3 is 25.7 Å². The van der Waals surface area contributed by atoms with Gasteiger partial charge in [-0.05, 0) is 58.3 Å². The maximum atomic E-state index is 12.4. The third-order valence-corrected chi connectivity index (χ3v) is 8.40. The number of carbonyl (C=O) groups excluding carboxylic acids is 1. The van der Waals surface area contributed by atoms with Crippen molar-refractivity contribution in [1.29, 1.82) is 0 Å². The van der Waals surface area contributed by atoms with Gasteiger partial charge >= 0.3 is 0 Å². The number of unbranched alkanes of at least 4 members (excludes halogenated alkanes) is 18. The van der Waals surface area contributed by atoms with Crippen molar-refractivity contribution >= 4 is 5.91 Å². The second-order valence-electron chi connectivity index (χ2n) is 12.6. The van der Waals surface area contributed by atoms with Gasteiger partial charge in [0.15, 0.2) is 0 Å². The molecule has 0 saturated heterocycles. The maximum Gasteiger partial charge on any atom is 0.249 e. The lowest BCUT2D eigenvalue weighted by atomic mass is 10.00. The van der Waals surface area contributed by atoms with Crippen molar-refractivity contribution < 1.29 is 25.2 Å². The summed E-state index contributed by atoms with van der Waals surface area (Å²) in [6.07, 6.45) is 36.1. The molecule has 0 fully saturated rings. The number of hydrogen-bond acceptors (Lipinski definition) is 5. The van der Waals surface area contributed by atoms with Gasteiger partial charge in [0, 0.05) is 0 Å². The summed E-state index contributed by atoms with van der Waals surface area (Å²) in [5.74, 6) is -0.602. The SMILES string of the molecule is C/C=C/CC/C=C/CC/C=C/CCCC(O)C(O)C(CO)NC(=O)C(O)CCCCCCCCCCCCCCCCCC. The Morgan fingerprint density at radius 1 is 0.591 bits per heavy atom. The van der Waals surface area contributed by atoms with Crippen LogP contribution in [0.1, 0.15) is 168 Å². The Balaban J connectivity index is 3.86. The highest BCUT2D eigenvalue weighted by atomic mass is 16.3. The molecule has 0 heterocycles. The van der Waals surface area contributed by atoms with Crippen LogP contribution in [0.2, 0.25) is 0 Å². The maximum absolute atomic E-state index is 12.4. The normalized spacial score (nSPS) is 15.0. The molecule has 0 aliphatic rings. The molecule has 0 rings (SSSR count). The standard InChI is InChI=1S/C38H71NO5/c1-3-5-7-9-11-13-15-17-18-19-20-22-24-26-28-30-32-36(42)38(44)39-34(33-40)37(43)35(41)31-29-27-25-23-21-16-14-12-10-8-6-4-2/h4,6,12,14,23,25,34-37,40-43H,3,5,7-11,13,15-22,24,26-33H2,1-2H3,(H,39,44)/b6-4+,14-12+,25-23+. The van der Waals surface area contributed by atoms with Crippen LogP contribution in [0.3, 0.4) is 0 Å². The average molecular weight is 622 g/mol. The minimum Gasteiger partial charge on any atom is -0.394 e. The molecule has 44 heavy (non-hydrogen) atoms. The Kier molecular flexibility index (Phi) is 31.8. The third kappa shape index (κ3) is 26.9. The Bertz CT molecular complexity index is 707. The molecule has 1 amide bonds. The molecule has 0 aliphatic carbocycles. The lowest BCUT2D eigenvalue weighted by Crippen LogP contribution is -2.53. The summed E-state index contributed by atoms with van der Waals surface area (Å²) in [5.41, 5.74) is 0. The lowest BCUT2D eigenvalue weighted by Gasteiger charge is -2.27. The molecule has 0 bridgehead atoms. The molecule has 6 heteroatoms. The minimum atomic E-state index is -1.29. The second-order valence-corrected chi connectivity index (χ2v) is 12.6. The zero-order valence-corrected chi connectivity index (χ0v) is 28.6. The third-order valence-electron chi connectivity index (χ3n) is 8.40. The number of aliphatic hydroxyl groups excluding tert-OH is 4. The molecule has 0 radical (unpaired) electrons. The van der Waals surface area contributed by atoms with E-state index in [0.29, 0.717) is 19.3 Å². The molecule has 0 aromatic rings. The summed E-state index contributed by atoms with van der Waals surface area (Å²) < 4.78 is 0. The van der Waals surface area contributed by atoms with E-state index in [2.05, 4.69) is 48.7 Å². The fraction of sp³-hybridized carbons (Fsp3) is 0.816. The van der Waals surface area contributed by atoms with Crippen molar-refractivity contribution in [3.63, 3.8) is 0 Å². The number of nitrogens with one attached hydrogen (secondary N) is 1. The number of aliphatic hydroxyl groups is 4. The largest absolute Gasteiger partial charge is 0.394 e. The van der Waals surface area contributed by atoms with Gasteiger partial charge in [-0.2, -0.15) is 0 Å². The number of amides is 1. The van der Waals surface area contributed by atoms with E-state index in [1.807, 2.05) is 6.92 Å². The van der Waals surface area contributed by atoms with Gasteiger partial charge in [-0.1, -0.05) is 146 Å². The summed E-state index contributed by atoms with van der Waals surface area (Å²) in [5, 5.41) is 43.3. The topological polar surface area (TPSA) is 110 Å². The van der Waals surface area contributed by atoms with E-state index in [9.17, 15) is 25.2 Å². The molecule has 4 atom stereocenters. The van der Waals surface area contributed by atoms with E-state index in [0.717, 1.165) is 51.4 Å². The number of hydrogen-bond donors (Lipinski definition) is 5. The van der Waals surface area contributed by atoms with Crippen LogP contribution < -0.4 is 5.32 Å². The molecule has 0 spiro atoms. The molecule has 4 unspecified atom stereocenters. The summed E-state index contributed by atoms with van der Waals surface area (Å²) in [6.45, 7) is 3.80. The van der Waals surface area contributed by atoms with Crippen LogP contribution in [0.5, 0.6) is 0 Å². The molecule has 258 valence electrons. The molecule has 0 aliphatic heterocycles. The van der Waals surface area contributed by atoms with E-state index in [1.54, 1.807) is 0 Å². The fourth-order valence-electron chi connectivity index (χ4n) is 5.44. The van der Waals surface area contributed by atoms with Gasteiger partial charge in [0.05, 0.1) is 18.8 Å². The quantitative estimate of drug-likeness (QED) is 0.0382. The highest BCUT2D eigenvalue weighted by Crippen LogP contribution is 2.15. The van der Waals surface area contributed by atoms with Crippen LogP contribution in [-0.2, 0) is 4.79 Å². The molecular formula is C38H71NO5. The van der Waals surface area contributed by atoms with Gasteiger partial charge in [0.25, 0.3) is 0 Å². The highest BCUT2D eigenvalue weighted by Gasteiger charge is 2.28. The Morgan fingerprint density at radius 2 is 1.02 bits per heavy atom. The number of rotatable bonds is 32. The van der Waals surface area contributed by atoms with Crippen LogP contribution in [0.25, 0.3) is 0 Å². The first-order valence-corrected chi connectivity index (χ1v) is 18.3. The van der Waals surface area contributed by atoms with Crippen LogP contribution in [-0.4, -0.2) is 57.3 Å². The Labute approximate surface area is 271 Å². The predicted octanol–water partition coefficient (Wildman–Crippen LogP) is 8.62. The van der Waals surface area contributed by atoms with Crippen molar-refractivity contribution in [2.75, 3.05) is 6.61 Å². The average Bonchev–Trinajstić information content (AvgIpc) is 3.03. The molecule has 0 saturated carbocycles. The van der Waals surface area contributed by atoms with Crippen LogP contribution in [0, 0.1) is 0 Å². The molecular weight excluding hydrogens is 550 g/mol. The van der Waals surface area contributed by atoms with Crippen LogP contribution >= 0.6 is 0 Å². The Hall–Kier alpha value is -1.47. The van der Waals surface area contributed by atoms with Gasteiger partial charge in [0.1, 0.15) is 12.2 Å². The first-order chi connectivity index (χ1) is 21.5. The number of carbonyl (C=O) groups is 1.